The fraction of sp³-hybridized carbons (Fsp3) is 0.353. The number of ether oxygens (including phenoxy) is 1. The molecule has 1 aromatic carbocycles. The summed E-state index contributed by atoms with van der Waals surface area (Å²) >= 11 is 0. The Balaban J connectivity index is 2.40. The number of para-hydroxylation sites is 1. The second-order valence-electron chi connectivity index (χ2n) is 5.01. The first-order chi connectivity index (χ1) is 9.63. The minimum Gasteiger partial charge on any atom is -0.491 e. The van der Waals surface area contributed by atoms with Crippen LogP contribution in [0.1, 0.15) is 43.7 Å². The van der Waals surface area contributed by atoms with Gasteiger partial charge in [0, 0.05) is 11.8 Å². The first-order valence-electron chi connectivity index (χ1n) is 7.01. The SMILES string of the molecule is CCc1cccnc1C(O)c1ccccc1OC(C)C. The molecule has 3 heteroatoms. The highest BCUT2D eigenvalue weighted by Gasteiger charge is 2.19. The molecule has 2 aromatic rings. The second-order valence-corrected chi connectivity index (χ2v) is 5.01. The summed E-state index contributed by atoms with van der Waals surface area (Å²) in [6.07, 6.45) is 1.86. The van der Waals surface area contributed by atoms with Crippen LogP contribution in [0.25, 0.3) is 0 Å². The van der Waals surface area contributed by atoms with E-state index in [9.17, 15) is 5.11 Å². The van der Waals surface area contributed by atoms with E-state index in [1.807, 2.05) is 50.2 Å². The molecule has 0 bridgehead atoms. The van der Waals surface area contributed by atoms with Crippen LogP contribution in [0.15, 0.2) is 42.6 Å². The van der Waals surface area contributed by atoms with E-state index in [4.69, 9.17) is 4.74 Å². The van der Waals surface area contributed by atoms with Crippen LogP contribution in [0.4, 0.5) is 0 Å². The average molecular weight is 271 g/mol. The van der Waals surface area contributed by atoms with Gasteiger partial charge in [-0.1, -0.05) is 31.2 Å². The highest BCUT2D eigenvalue weighted by atomic mass is 16.5. The van der Waals surface area contributed by atoms with Crippen molar-refractivity contribution in [1.82, 2.24) is 4.98 Å². The van der Waals surface area contributed by atoms with Gasteiger partial charge in [0.15, 0.2) is 0 Å². The van der Waals surface area contributed by atoms with Gasteiger partial charge < -0.3 is 9.84 Å². The monoisotopic (exact) mass is 271 g/mol. The third-order valence-corrected chi connectivity index (χ3v) is 3.14. The lowest BCUT2D eigenvalue weighted by Crippen LogP contribution is -2.11. The smallest absolute Gasteiger partial charge is 0.125 e. The third-order valence-electron chi connectivity index (χ3n) is 3.14. The van der Waals surface area contributed by atoms with E-state index >= 15 is 0 Å². The van der Waals surface area contributed by atoms with Gasteiger partial charge in [-0.05, 0) is 38.0 Å². The quantitative estimate of drug-likeness (QED) is 0.904. The standard InChI is InChI=1S/C17H21NO2/c1-4-13-8-7-11-18-16(13)17(19)14-9-5-6-10-15(14)20-12(2)3/h5-12,17,19H,4H2,1-3H3. The van der Waals surface area contributed by atoms with Gasteiger partial charge >= 0.3 is 0 Å². The van der Waals surface area contributed by atoms with E-state index in [2.05, 4.69) is 11.9 Å². The molecule has 20 heavy (non-hydrogen) atoms. The zero-order valence-corrected chi connectivity index (χ0v) is 12.2. The van der Waals surface area contributed by atoms with Crippen molar-refractivity contribution < 1.29 is 9.84 Å². The van der Waals surface area contributed by atoms with Crippen molar-refractivity contribution in [3.8, 4) is 5.75 Å². The molecule has 1 aromatic heterocycles. The number of pyridine rings is 1. The molecule has 1 N–H and O–H groups in total. The Bertz CT molecular complexity index is 566. The number of rotatable bonds is 5. The number of aryl methyl sites for hydroxylation is 1. The van der Waals surface area contributed by atoms with E-state index in [1.165, 1.54) is 0 Å². The third kappa shape index (κ3) is 3.17. The van der Waals surface area contributed by atoms with Gasteiger partial charge in [0.2, 0.25) is 0 Å². The number of aliphatic hydroxyl groups excluding tert-OH is 1. The van der Waals surface area contributed by atoms with Gasteiger partial charge in [-0.25, -0.2) is 0 Å². The zero-order chi connectivity index (χ0) is 14.5. The van der Waals surface area contributed by atoms with Crippen molar-refractivity contribution in [3.05, 3.63) is 59.4 Å². The molecule has 0 saturated carbocycles. The molecule has 1 unspecified atom stereocenters. The zero-order valence-electron chi connectivity index (χ0n) is 12.2. The van der Waals surface area contributed by atoms with Crippen LogP contribution < -0.4 is 4.74 Å². The minimum absolute atomic E-state index is 0.0673. The normalized spacial score (nSPS) is 12.4. The number of aromatic nitrogens is 1. The second kappa shape index (κ2) is 6.53. The highest BCUT2D eigenvalue weighted by molar-refractivity contribution is 5.40. The van der Waals surface area contributed by atoms with Crippen molar-refractivity contribution >= 4 is 0 Å². The molecule has 1 heterocycles. The Morgan fingerprint density at radius 2 is 1.90 bits per heavy atom. The summed E-state index contributed by atoms with van der Waals surface area (Å²) in [4.78, 5) is 4.34. The molecule has 0 aliphatic heterocycles. The van der Waals surface area contributed by atoms with Crippen molar-refractivity contribution in [3.63, 3.8) is 0 Å². The van der Waals surface area contributed by atoms with Crippen LogP contribution in [0.2, 0.25) is 0 Å². The number of nitrogens with zero attached hydrogens (tertiary/aromatic N) is 1. The Labute approximate surface area is 120 Å². The highest BCUT2D eigenvalue weighted by Crippen LogP contribution is 2.31. The van der Waals surface area contributed by atoms with Gasteiger partial charge in [0.25, 0.3) is 0 Å². The molecule has 0 radical (unpaired) electrons. The van der Waals surface area contributed by atoms with Gasteiger partial charge in [0.05, 0.1) is 11.8 Å². The maximum Gasteiger partial charge on any atom is 0.125 e. The van der Waals surface area contributed by atoms with Gasteiger partial charge in [-0.2, -0.15) is 0 Å². The van der Waals surface area contributed by atoms with Gasteiger partial charge in [-0.15, -0.1) is 0 Å². The van der Waals surface area contributed by atoms with Crippen LogP contribution in [-0.2, 0) is 6.42 Å². The van der Waals surface area contributed by atoms with Crippen LogP contribution in [0.3, 0.4) is 0 Å². The molecule has 1 atom stereocenters. The molecule has 0 aliphatic carbocycles. The molecular formula is C17H21NO2. The summed E-state index contributed by atoms with van der Waals surface area (Å²) in [5.74, 6) is 0.711. The number of hydrogen-bond donors (Lipinski definition) is 1. The molecule has 0 amide bonds. The van der Waals surface area contributed by atoms with Crippen molar-refractivity contribution in [1.29, 1.82) is 0 Å². The van der Waals surface area contributed by atoms with Crippen molar-refractivity contribution in [2.45, 2.75) is 39.4 Å². The maximum absolute atomic E-state index is 10.7. The molecule has 106 valence electrons. The van der Waals surface area contributed by atoms with Crippen molar-refractivity contribution in [2.24, 2.45) is 0 Å². The van der Waals surface area contributed by atoms with Gasteiger partial charge in [-0.3, -0.25) is 4.98 Å². The predicted octanol–water partition coefficient (Wildman–Crippen LogP) is 3.51. The topological polar surface area (TPSA) is 42.4 Å². The first kappa shape index (κ1) is 14.5. The van der Waals surface area contributed by atoms with E-state index in [1.54, 1.807) is 6.20 Å². The average Bonchev–Trinajstić information content (AvgIpc) is 2.46. The van der Waals surface area contributed by atoms with E-state index in [0.717, 1.165) is 17.5 Å². The molecule has 0 saturated heterocycles. The summed E-state index contributed by atoms with van der Waals surface area (Å²) in [6, 6.07) is 11.5. The summed E-state index contributed by atoms with van der Waals surface area (Å²) in [6.45, 7) is 6.01. The summed E-state index contributed by atoms with van der Waals surface area (Å²) < 4.78 is 5.77. The van der Waals surface area contributed by atoms with Crippen molar-refractivity contribution in [2.75, 3.05) is 0 Å². The fourth-order valence-electron chi connectivity index (χ4n) is 2.21. The Morgan fingerprint density at radius 1 is 1.15 bits per heavy atom. The van der Waals surface area contributed by atoms with E-state index in [-0.39, 0.29) is 6.10 Å². The molecule has 3 nitrogen and oxygen atoms in total. The number of aliphatic hydroxyl groups is 1. The van der Waals surface area contributed by atoms with E-state index < -0.39 is 6.10 Å². The fourth-order valence-corrected chi connectivity index (χ4v) is 2.21. The molecule has 0 fully saturated rings. The minimum atomic E-state index is -0.763. The Kier molecular flexibility index (Phi) is 4.74. The van der Waals surface area contributed by atoms with Crippen LogP contribution in [0.5, 0.6) is 5.75 Å². The maximum atomic E-state index is 10.7. The summed E-state index contributed by atoms with van der Waals surface area (Å²) in [5, 5.41) is 10.7. The largest absolute Gasteiger partial charge is 0.491 e. The first-order valence-corrected chi connectivity index (χ1v) is 7.01. The lowest BCUT2D eigenvalue weighted by molar-refractivity contribution is 0.194. The summed E-state index contributed by atoms with van der Waals surface area (Å²) in [5.41, 5.74) is 2.52. The lowest BCUT2D eigenvalue weighted by Gasteiger charge is -2.19. The molecular weight excluding hydrogens is 250 g/mol. The predicted molar refractivity (Wildman–Crippen MR) is 79.9 cm³/mol. The molecule has 2 rings (SSSR count). The Morgan fingerprint density at radius 3 is 2.60 bits per heavy atom. The molecule has 0 spiro atoms. The summed E-state index contributed by atoms with van der Waals surface area (Å²) in [7, 11) is 0. The van der Waals surface area contributed by atoms with Gasteiger partial charge in [0.1, 0.15) is 11.9 Å². The molecule has 0 aliphatic rings. The van der Waals surface area contributed by atoms with Crippen LogP contribution >= 0.6 is 0 Å². The van der Waals surface area contributed by atoms with Crippen LogP contribution in [0, 0.1) is 0 Å². The van der Waals surface area contributed by atoms with Crippen LogP contribution in [-0.4, -0.2) is 16.2 Å². The number of benzene rings is 1. The number of hydrogen-bond acceptors (Lipinski definition) is 3. The van der Waals surface area contributed by atoms with E-state index in [0.29, 0.717) is 11.4 Å². The Hall–Kier alpha value is -1.87. The lowest BCUT2D eigenvalue weighted by atomic mass is 10.00.